The number of benzene rings is 2. The maximum atomic E-state index is 16.5. The van der Waals surface area contributed by atoms with Crippen molar-refractivity contribution in [2.75, 3.05) is 44.7 Å². The molecule has 0 radical (unpaired) electrons. The molecule has 224 valence electrons. The molecule has 0 aliphatic carbocycles. The van der Waals surface area contributed by atoms with Crippen molar-refractivity contribution in [1.29, 1.82) is 0 Å². The predicted molar refractivity (Wildman–Crippen MR) is 145 cm³/mol. The molecular weight excluding hydrogens is 564 g/mol. The third kappa shape index (κ3) is 5.00. The zero-order valence-corrected chi connectivity index (χ0v) is 23.1. The zero-order valence-electron chi connectivity index (χ0n) is 23.1. The standard InChI is InChI=1S/C28H29F6N7O/c1-13-6-20-18(9-36-39-20)21(23(13)28(32,33)34)22-19(30)8-17-25(24(22)31)37-27(42-12-16-7-15(29)11-40(16)3)38-26(17)41-5-4-35-14(2)10-41/h6,8-9,14-16,35H,4-5,7,10-12H2,1-3H3,(H,36,39)/t14-,15-,16+/m1/s1. The summed E-state index contributed by atoms with van der Waals surface area (Å²) in [6.45, 7) is 4.92. The summed E-state index contributed by atoms with van der Waals surface area (Å²) in [7, 11) is 1.76. The van der Waals surface area contributed by atoms with Gasteiger partial charge in [-0.1, -0.05) is 0 Å². The van der Waals surface area contributed by atoms with E-state index in [-0.39, 0.29) is 70.9 Å². The summed E-state index contributed by atoms with van der Waals surface area (Å²) in [5.74, 6) is -2.27. The number of nitrogens with zero attached hydrogens (tertiary/aromatic N) is 5. The van der Waals surface area contributed by atoms with Gasteiger partial charge < -0.3 is 15.0 Å². The molecule has 8 nitrogen and oxygen atoms in total. The second-order valence-electron chi connectivity index (χ2n) is 11.1. The van der Waals surface area contributed by atoms with Crippen LogP contribution in [0.4, 0.5) is 32.2 Å². The average molecular weight is 594 g/mol. The number of alkyl halides is 4. The molecule has 0 bridgehead atoms. The van der Waals surface area contributed by atoms with Gasteiger partial charge in [0, 0.05) is 54.6 Å². The van der Waals surface area contributed by atoms with Gasteiger partial charge in [0.15, 0.2) is 5.82 Å². The van der Waals surface area contributed by atoms with E-state index in [0.717, 1.165) is 12.3 Å². The first-order valence-corrected chi connectivity index (χ1v) is 13.6. The van der Waals surface area contributed by atoms with Crippen molar-refractivity contribution in [2.45, 2.75) is 44.7 Å². The van der Waals surface area contributed by atoms with Crippen LogP contribution in [0.25, 0.3) is 32.9 Å². The summed E-state index contributed by atoms with van der Waals surface area (Å²) in [4.78, 5) is 12.3. The largest absolute Gasteiger partial charge is 0.462 e. The number of aryl methyl sites for hydroxylation is 1. The van der Waals surface area contributed by atoms with Crippen LogP contribution in [-0.4, -0.2) is 83.2 Å². The van der Waals surface area contributed by atoms with Gasteiger partial charge in [-0.15, -0.1) is 0 Å². The number of aromatic nitrogens is 4. The Morgan fingerprint density at radius 1 is 1.10 bits per heavy atom. The minimum Gasteiger partial charge on any atom is -0.462 e. The Kier molecular flexibility index (Phi) is 7.16. The zero-order chi connectivity index (χ0) is 29.9. The number of nitrogens with one attached hydrogen (secondary N) is 2. The smallest absolute Gasteiger partial charge is 0.417 e. The van der Waals surface area contributed by atoms with E-state index in [9.17, 15) is 17.6 Å². The van der Waals surface area contributed by atoms with Gasteiger partial charge in [-0.25, -0.2) is 13.2 Å². The minimum atomic E-state index is -4.91. The topological polar surface area (TPSA) is 82.2 Å². The van der Waals surface area contributed by atoms with Gasteiger partial charge in [-0.05, 0) is 45.0 Å². The number of ether oxygens (including phenoxy) is 1. The molecule has 2 aromatic heterocycles. The number of fused-ring (bicyclic) bond motifs is 2. The number of piperazine rings is 1. The summed E-state index contributed by atoms with van der Waals surface area (Å²) in [6, 6.07) is 1.75. The first-order chi connectivity index (χ1) is 19.9. The number of rotatable bonds is 5. The Hall–Kier alpha value is -3.65. The van der Waals surface area contributed by atoms with E-state index >= 15 is 8.78 Å². The molecule has 4 heterocycles. The van der Waals surface area contributed by atoms with Gasteiger partial charge in [0.25, 0.3) is 0 Å². The summed E-state index contributed by atoms with van der Waals surface area (Å²) >= 11 is 0. The van der Waals surface area contributed by atoms with Crippen molar-refractivity contribution in [3.8, 4) is 17.1 Å². The fourth-order valence-corrected chi connectivity index (χ4v) is 6.05. The average Bonchev–Trinajstić information content (AvgIpc) is 3.51. The van der Waals surface area contributed by atoms with Gasteiger partial charge in [-0.3, -0.25) is 10.00 Å². The second-order valence-corrected chi connectivity index (χ2v) is 11.1. The van der Waals surface area contributed by atoms with E-state index in [2.05, 4.69) is 25.5 Å². The Labute approximate surface area is 237 Å². The van der Waals surface area contributed by atoms with E-state index in [0.29, 0.717) is 19.6 Å². The van der Waals surface area contributed by atoms with Gasteiger partial charge in [0.1, 0.15) is 29.9 Å². The molecule has 2 aliphatic rings. The highest BCUT2D eigenvalue weighted by Gasteiger charge is 2.39. The normalized spacial score (nSPS) is 22.0. The fraction of sp³-hybridized carbons (Fsp3) is 0.464. The number of likely N-dealkylation sites (N-methyl/N-ethyl adjacent to an activating group) is 1. The molecule has 2 fully saturated rings. The van der Waals surface area contributed by atoms with Crippen molar-refractivity contribution in [2.24, 2.45) is 0 Å². The van der Waals surface area contributed by atoms with Crippen LogP contribution in [0.15, 0.2) is 18.3 Å². The molecule has 0 unspecified atom stereocenters. The van der Waals surface area contributed by atoms with Gasteiger partial charge in [-0.2, -0.15) is 28.2 Å². The monoisotopic (exact) mass is 593 g/mol. The maximum Gasteiger partial charge on any atom is 0.417 e. The van der Waals surface area contributed by atoms with Gasteiger partial charge in [0.05, 0.1) is 22.8 Å². The van der Waals surface area contributed by atoms with Crippen LogP contribution in [0.2, 0.25) is 0 Å². The molecule has 4 aromatic rings. The molecule has 0 spiro atoms. The summed E-state index contributed by atoms with van der Waals surface area (Å²) in [6.07, 6.45) is -4.58. The number of halogens is 6. The van der Waals surface area contributed by atoms with Crippen LogP contribution < -0.4 is 15.0 Å². The van der Waals surface area contributed by atoms with Crippen molar-refractivity contribution in [3.63, 3.8) is 0 Å². The van der Waals surface area contributed by atoms with Crippen molar-refractivity contribution in [3.05, 3.63) is 41.1 Å². The molecule has 3 atom stereocenters. The predicted octanol–water partition coefficient (Wildman–Crippen LogP) is 5.00. The Morgan fingerprint density at radius 2 is 1.88 bits per heavy atom. The lowest BCUT2D eigenvalue weighted by atomic mass is 9.91. The quantitative estimate of drug-likeness (QED) is 0.316. The highest BCUT2D eigenvalue weighted by molar-refractivity contribution is 6.01. The van der Waals surface area contributed by atoms with E-state index < -0.39 is 40.7 Å². The Morgan fingerprint density at radius 3 is 2.57 bits per heavy atom. The molecule has 42 heavy (non-hydrogen) atoms. The first kappa shape index (κ1) is 28.5. The maximum absolute atomic E-state index is 16.5. The summed E-state index contributed by atoms with van der Waals surface area (Å²) in [5.41, 5.74) is -3.11. The van der Waals surface area contributed by atoms with Crippen LogP contribution in [0.1, 0.15) is 24.5 Å². The lowest BCUT2D eigenvalue weighted by molar-refractivity contribution is -0.137. The molecule has 2 aromatic carbocycles. The van der Waals surface area contributed by atoms with Crippen molar-refractivity contribution >= 4 is 27.6 Å². The van der Waals surface area contributed by atoms with Crippen LogP contribution in [0, 0.1) is 18.6 Å². The lowest BCUT2D eigenvalue weighted by Gasteiger charge is -2.33. The number of anilines is 1. The summed E-state index contributed by atoms with van der Waals surface area (Å²) < 4.78 is 95.3. The third-order valence-corrected chi connectivity index (χ3v) is 8.03. The molecule has 2 N–H and O–H groups in total. The minimum absolute atomic E-state index is 0.00153. The number of hydrogen-bond donors (Lipinski definition) is 2. The first-order valence-electron chi connectivity index (χ1n) is 13.6. The Balaban J connectivity index is 1.56. The van der Waals surface area contributed by atoms with Crippen LogP contribution in [0.5, 0.6) is 6.01 Å². The number of H-pyrrole nitrogens is 1. The number of hydrogen-bond acceptors (Lipinski definition) is 7. The molecule has 14 heteroatoms. The SMILES string of the molecule is Cc1cc2[nH]ncc2c(-c2c(F)cc3c(N4CCN[C@H](C)C4)nc(OC[C@@H]4C[C@@H](F)CN4C)nc3c2F)c1C(F)(F)F. The van der Waals surface area contributed by atoms with Crippen molar-refractivity contribution in [1.82, 2.24) is 30.4 Å². The van der Waals surface area contributed by atoms with E-state index in [4.69, 9.17) is 4.74 Å². The van der Waals surface area contributed by atoms with Crippen LogP contribution in [0.3, 0.4) is 0 Å². The van der Waals surface area contributed by atoms with Crippen molar-refractivity contribution < 1.29 is 31.1 Å². The van der Waals surface area contributed by atoms with E-state index in [1.165, 1.54) is 13.0 Å². The highest BCUT2D eigenvalue weighted by Crippen LogP contribution is 2.46. The van der Waals surface area contributed by atoms with Crippen LogP contribution >= 0.6 is 0 Å². The number of likely N-dealkylation sites (tertiary alicyclic amines) is 1. The third-order valence-electron chi connectivity index (χ3n) is 8.03. The lowest BCUT2D eigenvalue weighted by Crippen LogP contribution is -2.49. The molecule has 6 rings (SSSR count). The van der Waals surface area contributed by atoms with Gasteiger partial charge in [0.2, 0.25) is 0 Å². The molecular formula is C28H29F6N7O. The second kappa shape index (κ2) is 10.6. The van der Waals surface area contributed by atoms with Gasteiger partial charge >= 0.3 is 12.2 Å². The molecule has 2 saturated heterocycles. The highest BCUT2D eigenvalue weighted by atomic mass is 19.4. The number of aromatic amines is 1. The van der Waals surface area contributed by atoms with E-state index in [1.54, 1.807) is 11.9 Å². The Bertz CT molecular complexity index is 1660. The fourth-order valence-electron chi connectivity index (χ4n) is 6.05. The van der Waals surface area contributed by atoms with Crippen LogP contribution in [-0.2, 0) is 6.18 Å². The molecule has 2 aliphatic heterocycles. The summed E-state index contributed by atoms with van der Waals surface area (Å²) in [5, 5.41) is 9.61. The molecule has 0 saturated carbocycles. The molecule has 0 amide bonds. The van der Waals surface area contributed by atoms with E-state index in [1.807, 2.05) is 11.8 Å².